The summed E-state index contributed by atoms with van der Waals surface area (Å²) < 4.78 is 71.2. The van der Waals surface area contributed by atoms with Gasteiger partial charge >= 0.3 is 5.97 Å². The number of unbranched alkanes of at least 4 members (excludes halogenated alkanes) is 5. The first-order valence-electron chi connectivity index (χ1n) is 25.6. The minimum atomic E-state index is -1.08. The summed E-state index contributed by atoms with van der Waals surface area (Å²) in [5.74, 6) is -2.90. The number of rotatable bonds is 49. The average Bonchev–Trinajstić information content (AvgIpc) is 3.62. The van der Waals surface area contributed by atoms with Gasteiger partial charge in [0.05, 0.1) is 169 Å². The summed E-state index contributed by atoms with van der Waals surface area (Å²) in [5, 5.41) is 4.91. The molecule has 0 aliphatic carbocycles. The van der Waals surface area contributed by atoms with Crippen LogP contribution in [0.15, 0.2) is 18.2 Å². The number of ether oxygens (including phenoxy) is 13. The quantitative estimate of drug-likeness (QED) is 0.0540. The summed E-state index contributed by atoms with van der Waals surface area (Å²) >= 11 is 0. The van der Waals surface area contributed by atoms with E-state index in [2.05, 4.69) is 17.6 Å². The Balaban J connectivity index is 0.943. The highest BCUT2D eigenvalue weighted by atomic mass is 16.6. The zero-order valence-electron chi connectivity index (χ0n) is 42.5. The Morgan fingerprint density at radius 3 is 1.38 bits per heavy atom. The van der Waals surface area contributed by atoms with Crippen molar-refractivity contribution in [3.05, 3.63) is 29.3 Å². The first-order chi connectivity index (χ1) is 35.3. The molecule has 1 atom stereocenters. The van der Waals surface area contributed by atoms with Crippen LogP contribution >= 0.6 is 0 Å². The second-order valence-corrected chi connectivity index (χ2v) is 16.4. The first kappa shape index (κ1) is 62.3. The van der Waals surface area contributed by atoms with E-state index in [9.17, 15) is 28.8 Å². The summed E-state index contributed by atoms with van der Waals surface area (Å²) in [5.41, 5.74) is 0.371. The lowest BCUT2D eigenvalue weighted by molar-refractivity contribution is -0.145. The van der Waals surface area contributed by atoms with Crippen LogP contribution in [-0.2, 0) is 80.8 Å². The number of amides is 5. The van der Waals surface area contributed by atoms with Gasteiger partial charge in [0.15, 0.2) is 0 Å². The lowest BCUT2D eigenvalue weighted by Gasteiger charge is -2.27. The van der Waals surface area contributed by atoms with Gasteiger partial charge in [-0.3, -0.25) is 39.0 Å². The van der Waals surface area contributed by atoms with Gasteiger partial charge in [0.25, 0.3) is 11.8 Å². The van der Waals surface area contributed by atoms with Gasteiger partial charge in [-0.1, -0.05) is 38.7 Å². The molecule has 0 aromatic heterocycles. The third-order valence-electron chi connectivity index (χ3n) is 10.8. The van der Waals surface area contributed by atoms with Crippen LogP contribution in [0.3, 0.4) is 0 Å². The van der Waals surface area contributed by atoms with Gasteiger partial charge in [-0.05, 0) is 37.8 Å². The van der Waals surface area contributed by atoms with E-state index < -0.39 is 29.7 Å². The van der Waals surface area contributed by atoms with Crippen LogP contribution in [0, 0.1) is 0 Å². The van der Waals surface area contributed by atoms with E-state index in [4.69, 9.17) is 61.6 Å². The van der Waals surface area contributed by atoms with Gasteiger partial charge in [-0.25, -0.2) is 0 Å². The third-order valence-corrected chi connectivity index (χ3v) is 10.8. The fourth-order valence-corrected chi connectivity index (χ4v) is 7.00. The lowest BCUT2D eigenvalue weighted by atomic mass is 10.0. The van der Waals surface area contributed by atoms with Gasteiger partial charge in [-0.15, -0.1) is 0 Å². The molecule has 1 aromatic carbocycles. The standard InChI is InChI=1S/C50H81N3O19/c1-2-3-4-7-13-46(56)72-40-39-71-38-37-70-36-35-69-34-33-68-32-31-67-30-29-66-28-27-65-26-25-64-24-23-63-22-21-62-20-19-61-18-17-60-16-8-5-6-12-44(54)51-42-11-9-10-41-47(42)50(59)53(49(41)58)43-14-15-45(55)52-48(43)57/h9-11,43H,2-8,12-40H2,1H3,(H,51,54)(H,52,55,57). The number of nitrogens with one attached hydrogen (secondary N) is 2. The normalized spacial score (nSPS) is 14.6. The van der Waals surface area contributed by atoms with E-state index in [1.807, 2.05) is 0 Å². The number of anilines is 1. The Kier molecular flexibility index (Phi) is 36.6. The number of fused-ring (bicyclic) bond motifs is 1. The smallest absolute Gasteiger partial charge is 0.305 e. The number of benzene rings is 1. The second kappa shape index (κ2) is 42.3. The van der Waals surface area contributed by atoms with Gasteiger partial charge < -0.3 is 66.9 Å². The van der Waals surface area contributed by atoms with Crippen molar-refractivity contribution in [1.29, 1.82) is 0 Å². The average molecular weight is 1030 g/mol. The van der Waals surface area contributed by atoms with Gasteiger partial charge in [0, 0.05) is 25.9 Å². The molecule has 5 amide bonds. The molecule has 2 heterocycles. The number of piperidine rings is 1. The molecule has 2 aliphatic heterocycles. The maximum Gasteiger partial charge on any atom is 0.305 e. The fraction of sp³-hybridized carbons (Fsp3) is 0.760. The second-order valence-electron chi connectivity index (χ2n) is 16.4. The molecule has 1 aromatic rings. The number of esters is 1. The van der Waals surface area contributed by atoms with Crippen LogP contribution in [0.2, 0.25) is 0 Å². The Hall–Kier alpha value is -4.04. The van der Waals surface area contributed by atoms with E-state index in [-0.39, 0.29) is 54.6 Å². The number of hydrogen-bond acceptors (Lipinski definition) is 19. The predicted molar refractivity (Wildman–Crippen MR) is 260 cm³/mol. The van der Waals surface area contributed by atoms with Crippen LogP contribution in [0.1, 0.15) is 98.3 Å². The molecule has 22 nitrogen and oxygen atoms in total. The highest BCUT2D eigenvalue weighted by Gasteiger charge is 2.45. The summed E-state index contributed by atoms with van der Waals surface area (Å²) in [4.78, 5) is 75.3. The third kappa shape index (κ3) is 29.0. The number of hydrogen-bond donors (Lipinski definition) is 2. The van der Waals surface area contributed by atoms with E-state index in [0.717, 1.165) is 43.4 Å². The van der Waals surface area contributed by atoms with E-state index in [1.165, 1.54) is 6.07 Å². The minimum absolute atomic E-state index is 0.0242. The molecule has 1 fully saturated rings. The summed E-state index contributed by atoms with van der Waals surface area (Å²) in [6, 6.07) is 3.52. The SMILES string of the molecule is CCCCCCC(=O)OCCOCCOCCOCCOCCOCCOCCOCCOCCOCCOCCOCCOCCCCCC(=O)Nc1cccc2c1C(=O)N(C1CCC(=O)NC1=O)C2=O. The Bertz CT molecular complexity index is 1650. The first-order valence-corrected chi connectivity index (χ1v) is 25.6. The van der Waals surface area contributed by atoms with E-state index in [1.54, 1.807) is 12.1 Å². The molecular formula is C50H81N3O19. The molecule has 2 N–H and O–H groups in total. The predicted octanol–water partition coefficient (Wildman–Crippen LogP) is 3.30. The van der Waals surface area contributed by atoms with Crippen molar-refractivity contribution >= 4 is 41.2 Å². The van der Waals surface area contributed by atoms with Crippen LogP contribution in [-0.4, -0.2) is 212 Å². The highest BCUT2D eigenvalue weighted by Crippen LogP contribution is 2.32. The number of imide groups is 2. The fourth-order valence-electron chi connectivity index (χ4n) is 7.00. The van der Waals surface area contributed by atoms with Crippen molar-refractivity contribution in [3.8, 4) is 0 Å². The molecular weight excluding hydrogens is 947 g/mol. The maximum atomic E-state index is 13.2. The van der Waals surface area contributed by atoms with Gasteiger partial charge in [0.2, 0.25) is 17.7 Å². The molecule has 2 aliphatic rings. The molecule has 1 unspecified atom stereocenters. The molecule has 3 rings (SSSR count). The Labute approximate surface area is 424 Å². The molecule has 22 heteroatoms. The molecule has 1 saturated heterocycles. The van der Waals surface area contributed by atoms with Crippen molar-refractivity contribution in [2.24, 2.45) is 0 Å². The van der Waals surface area contributed by atoms with Gasteiger partial charge in [0.1, 0.15) is 12.6 Å². The monoisotopic (exact) mass is 1030 g/mol. The molecule has 0 saturated carbocycles. The largest absolute Gasteiger partial charge is 0.463 e. The molecule has 72 heavy (non-hydrogen) atoms. The molecule has 0 radical (unpaired) electrons. The van der Waals surface area contributed by atoms with Crippen LogP contribution < -0.4 is 10.6 Å². The zero-order valence-corrected chi connectivity index (χ0v) is 42.5. The molecule has 410 valence electrons. The Morgan fingerprint density at radius 1 is 0.514 bits per heavy atom. The maximum absolute atomic E-state index is 13.2. The van der Waals surface area contributed by atoms with E-state index >= 15 is 0 Å². The Morgan fingerprint density at radius 2 is 0.931 bits per heavy atom. The van der Waals surface area contributed by atoms with Crippen LogP contribution in [0.5, 0.6) is 0 Å². The van der Waals surface area contributed by atoms with Crippen molar-refractivity contribution in [2.45, 2.75) is 83.6 Å². The van der Waals surface area contributed by atoms with E-state index in [0.29, 0.717) is 171 Å². The van der Waals surface area contributed by atoms with Crippen molar-refractivity contribution in [2.75, 3.05) is 170 Å². The topological polar surface area (TPSA) is 250 Å². The van der Waals surface area contributed by atoms with Crippen molar-refractivity contribution in [1.82, 2.24) is 10.2 Å². The van der Waals surface area contributed by atoms with Crippen LogP contribution in [0.4, 0.5) is 5.69 Å². The summed E-state index contributed by atoms with van der Waals surface area (Å²) in [6.45, 7) is 13.4. The minimum Gasteiger partial charge on any atom is -0.463 e. The summed E-state index contributed by atoms with van der Waals surface area (Å²) in [7, 11) is 0. The van der Waals surface area contributed by atoms with Crippen LogP contribution in [0.25, 0.3) is 0 Å². The number of nitrogens with zero attached hydrogens (tertiary/aromatic N) is 1. The molecule has 0 spiro atoms. The van der Waals surface area contributed by atoms with Crippen molar-refractivity contribution < 1.29 is 90.3 Å². The zero-order chi connectivity index (χ0) is 51.5. The van der Waals surface area contributed by atoms with Gasteiger partial charge in [-0.2, -0.15) is 0 Å². The summed E-state index contributed by atoms with van der Waals surface area (Å²) in [6.07, 6.45) is 7.12. The highest BCUT2D eigenvalue weighted by molar-refractivity contribution is 6.26. The number of carbonyl (C=O) groups excluding carboxylic acids is 6. The van der Waals surface area contributed by atoms with Crippen molar-refractivity contribution in [3.63, 3.8) is 0 Å². The number of carbonyl (C=O) groups is 6. The lowest BCUT2D eigenvalue weighted by Crippen LogP contribution is -2.54. The molecule has 0 bridgehead atoms.